The predicted octanol–water partition coefficient (Wildman–Crippen LogP) is 5.94. The van der Waals surface area contributed by atoms with Gasteiger partial charge in [0.15, 0.2) is 0 Å². The van der Waals surface area contributed by atoms with Crippen molar-refractivity contribution in [3.8, 4) is 28.5 Å². The van der Waals surface area contributed by atoms with Crippen LogP contribution in [0.2, 0.25) is 0 Å². The second-order valence-electron chi connectivity index (χ2n) is 7.62. The Kier molecular flexibility index (Phi) is 4.88. The summed E-state index contributed by atoms with van der Waals surface area (Å²) in [6.45, 7) is 0. The van der Waals surface area contributed by atoms with E-state index in [1.54, 1.807) is 18.3 Å². The van der Waals surface area contributed by atoms with Crippen molar-refractivity contribution in [3.05, 3.63) is 66.7 Å². The highest BCUT2D eigenvalue weighted by molar-refractivity contribution is 5.85. The number of nitrogen functional groups attached to an aromatic ring is 1. The molecule has 1 fully saturated rings. The molecule has 0 amide bonds. The van der Waals surface area contributed by atoms with E-state index in [1.807, 2.05) is 22.7 Å². The molecule has 0 radical (unpaired) electrons. The summed E-state index contributed by atoms with van der Waals surface area (Å²) in [5, 5.41) is 0. The second kappa shape index (κ2) is 7.74. The van der Waals surface area contributed by atoms with E-state index in [9.17, 15) is 13.2 Å². The molecular formula is C23H19F3N4O2. The van der Waals surface area contributed by atoms with Gasteiger partial charge in [-0.15, -0.1) is 13.2 Å². The molecule has 0 atom stereocenters. The number of benzene rings is 2. The fourth-order valence-corrected chi connectivity index (χ4v) is 3.77. The molecule has 1 aliphatic carbocycles. The number of rotatable bonds is 5. The average molecular weight is 440 g/mol. The van der Waals surface area contributed by atoms with E-state index >= 15 is 0 Å². The molecule has 0 saturated heterocycles. The van der Waals surface area contributed by atoms with Crippen molar-refractivity contribution in [3.63, 3.8) is 0 Å². The van der Waals surface area contributed by atoms with Crippen LogP contribution in [0.25, 0.3) is 16.8 Å². The van der Waals surface area contributed by atoms with Crippen LogP contribution in [-0.4, -0.2) is 20.7 Å². The van der Waals surface area contributed by atoms with Gasteiger partial charge in [0.1, 0.15) is 40.1 Å². The molecule has 6 nitrogen and oxygen atoms in total. The highest BCUT2D eigenvalue weighted by Crippen LogP contribution is 2.39. The van der Waals surface area contributed by atoms with Crippen LogP contribution in [-0.2, 0) is 0 Å². The van der Waals surface area contributed by atoms with Crippen molar-refractivity contribution in [1.82, 2.24) is 14.4 Å². The normalized spacial score (nSPS) is 14.3. The van der Waals surface area contributed by atoms with Crippen LogP contribution < -0.4 is 15.2 Å². The first-order chi connectivity index (χ1) is 15.4. The number of nitrogens with zero attached hydrogens (tertiary/aromatic N) is 3. The predicted molar refractivity (Wildman–Crippen MR) is 113 cm³/mol. The lowest BCUT2D eigenvalue weighted by atomic mass is 9.85. The molecule has 2 N–H and O–H groups in total. The second-order valence-corrected chi connectivity index (χ2v) is 7.62. The van der Waals surface area contributed by atoms with Crippen LogP contribution in [0.15, 0.2) is 60.9 Å². The third-order valence-electron chi connectivity index (χ3n) is 5.50. The molecule has 2 aromatic carbocycles. The van der Waals surface area contributed by atoms with Crippen LogP contribution in [0.4, 0.5) is 19.0 Å². The molecule has 5 rings (SSSR count). The lowest BCUT2D eigenvalue weighted by Gasteiger charge is -2.23. The van der Waals surface area contributed by atoms with Gasteiger partial charge in [-0.2, -0.15) is 0 Å². The Morgan fingerprint density at radius 3 is 2.16 bits per heavy atom. The van der Waals surface area contributed by atoms with Gasteiger partial charge < -0.3 is 15.2 Å². The van der Waals surface area contributed by atoms with E-state index in [-0.39, 0.29) is 5.75 Å². The molecule has 0 spiro atoms. The topological polar surface area (TPSA) is 74.7 Å². The number of aromatic nitrogens is 3. The standard InChI is InChI=1S/C23H19F3N4O2/c24-23(25,26)32-18-10-8-17(9-11-18)31-16-6-4-14(5-7-16)19-20-21(27)28-12-13-30(20)22(29-19)15-2-1-3-15/h4-13,15H,1-3H2,(H2,27,28). The number of hydrogen-bond acceptors (Lipinski definition) is 5. The first-order valence-corrected chi connectivity index (χ1v) is 10.1. The van der Waals surface area contributed by atoms with Crippen LogP contribution in [0.3, 0.4) is 0 Å². The lowest BCUT2D eigenvalue weighted by molar-refractivity contribution is -0.274. The number of anilines is 1. The fraction of sp³-hybridized carbons (Fsp3) is 0.217. The highest BCUT2D eigenvalue weighted by Gasteiger charge is 2.31. The summed E-state index contributed by atoms with van der Waals surface area (Å²) >= 11 is 0. The molecule has 0 aliphatic heterocycles. The molecule has 164 valence electrons. The summed E-state index contributed by atoms with van der Waals surface area (Å²) in [5.74, 6) is 2.46. The van der Waals surface area contributed by atoms with E-state index in [1.165, 1.54) is 30.7 Å². The summed E-state index contributed by atoms with van der Waals surface area (Å²) in [6, 6.07) is 12.5. The summed E-state index contributed by atoms with van der Waals surface area (Å²) in [5.41, 5.74) is 8.58. The third-order valence-corrected chi connectivity index (χ3v) is 5.50. The molecule has 4 aromatic rings. The number of alkyl halides is 3. The van der Waals surface area contributed by atoms with Crippen molar-refractivity contribution in [1.29, 1.82) is 0 Å². The number of fused-ring (bicyclic) bond motifs is 1. The molecule has 0 unspecified atom stereocenters. The summed E-state index contributed by atoms with van der Waals surface area (Å²) in [6.07, 6.45) is 2.26. The van der Waals surface area contributed by atoms with Gasteiger partial charge in [-0.25, -0.2) is 9.97 Å². The van der Waals surface area contributed by atoms with Crippen LogP contribution in [0.1, 0.15) is 31.0 Å². The number of nitrogens with two attached hydrogens (primary N) is 1. The molecule has 2 heterocycles. The van der Waals surface area contributed by atoms with Crippen LogP contribution >= 0.6 is 0 Å². The van der Waals surface area contributed by atoms with E-state index in [4.69, 9.17) is 15.5 Å². The van der Waals surface area contributed by atoms with Gasteiger partial charge >= 0.3 is 6.36 Å². The first-order valence-electron chi connectivity index (χ1n) is 10.1. The quantitative estimate of drug-likeness (QED) is 0.416. The van der Waals surface area contributed by atoms with E-state index in [2.05, 4.69) is 9.72 Å². The molecule has 9 heteroatoms. The zero-order valence-corrected chi connectivity index (χ0v) is 16.8. The highest BCUT2D eigenvalue weighted by atomic mass is 19.4. The maximum absolute atomic E-state index is 12.3. The summed E-state index contributed by atoms with van der Waals surface area (Å²) in [7, 11) is 0. The van der Waals surface area contributed by atoms with Gasteiger partial charge in [-0.3, -0.25) is 4.40 Å². The zero-order valence-electron chi connectivity index (χ0n) is 16.8. The smallest absolute Gasteiger partial charge is 0.457 e. The van der Waals surface area contributed by atoms with E-state index < -0.39 is 6.36 Å². The van der Waals surface area contributed by atoms with Gasteiger partial charge in [0.25, 0.3) is 0 Å². The minimum Gasteiger partial charge on any atom is -0.457 e. The monoisotopic (exact) mass is 440 g/mol. The SMILES string of the molecule is Nc1nccn2c(C3CCC3)nc(-c3ccc(Oc4ccc(OC(F)(F)F)cc4)cc3)c12. The Labute approximate surface area is 181 Å². The Balaban J connectivity index is 1.39. The number of imidazole rings is 1. The third kappa shape index (κ3) is 3.93. The number of halogens is 3. The fourth-order valence-electron chi connectivity index (χ4n) is 3.77. The van der Waals surface area contributed by atoms with E-state index in [0.717, 1.165) is 35.4 Å². The molecule has 1 aliphatic rings. The Bertz CT molecular complexity index is 1250. The largest absolute Gasteiger partial charge is 0.573 e. The van der Waals surface area contributed by atoms with Crippen molar-refractivity contribution in [2.75, 3.05) is 5.73 Å². The molecule has 32 heavy (non-hydrogen) atoms. The Morgan fingerprint density at radius 1 is 0.938 bits per heavy atom. The Morgan fingerprint density at radius 2 is 1.56 bits per heavy atom. The molecular weight excluding hydrogens is 421 g/mol. The van der Waals surface area contributed by atoms with Gasteiger partial charge in [0.2, 0.25) is 0 Å². The summed E-state index contributed by atoms with van der Waals surface area (Å²) in [4.78, 5) is 9.12. The van der Waals surface area contributed by atoms with Gasteiger partial charge in [-0.05, 0) is 61.4 Å². The molecule has 0 bridgehead atoms. The van der Waals surface area contributed by atoms with Gasteiger partial charge in [0, 0.05) is 23.9 Å². The van der Waals surface area contributed by atoms with Crippen molar-refractivity contribution < 1.29 is 22.6 Å². The van der Waals surface area contributed by atoms with Crippen LogP contribution in [0, 0.1) is 0 Å². The zero-order chi connectivity index (χ0) is 22.3. The first kappa shape index (κ1) is 20.2. The van der Waals surface area contributed by atoms with E-state index in [0.29, 0.717) is 23.2 Å². The molecule has 1 saturated carbocycles. The number of hydrogen-bond donors (Lipinski definition) is 1. The Hall–Kier alpha value is -3.75. The van der Waals surface area contributed by atoms with Crippen LogP contribution in [0.5, 0.6) is 17.2 Å². The summed E-state index contributed by atoms with van der Waals surface area (Å²) < 4.78 is 48.5. The minimum absolute atomic E-state index is 0.305. The molecule has 2 aromatic heterocycles. The maximum atomic E-state index is 12.3. The number of ether oxygens (including phenoxy) is 2. The lowest BCUT2D eigenvalue weighted by Crippen LogP contribution is -2.16. The van der Waals surface area contributed by atoms with Gasteiger partial charge in [0.05, 0.1) is 0 Å². The van der Waals surface area contributed by atoms with Gasteiger partial charge in [-0.1, -0.05) is 6.42 Å². The van der Waals surface area contributed by atoms with Crippen molar-refractivity contribution >= 4 is 11.3 Å². The van der Waals surface area contributed by atoms with Crippen molar-refractivity contribution in [2.45, 2.75) is 31.5 Å². The average Bonchev–Trinajstić information content (AvgIpc) is 3.08. The minimum atomic E-state index is -4.73. The van der Waals surface area contributed by atoms with Crippen molar-refractivity contribution in [2.24, 2.45) is 0 Å². The maximum Gasteiger partial charge on any atom is 0.573 e.